The minimum Gasteiger partial charge on any atom is -0.496 e. The quantitative estimate of drug-likeness (QED) is 0.359. The Morgan fingerprint density at radius 2 is 1.81 bits per heavy atom. The molecule has 0 radical (unpaired) electrons. The molecule has 2 aromatic rings. The van der Waals surface area contributed by atoms with E-state index in [9.17, 15) is 33.0 Å². The molecule has 3 aliphatic rings. The summed E-state index contributed by atoms with van der Waals surface area (Å²) in [5.74, 6) is -0.822. The van der Waals surface area contributed by atoms with Crippen LogP contribution in [0.2, 0.25) is 5.02 Å². The van der Waals surface area contributed by atoms with Crippen molar-refractivity contribution in [3.63, 3.8) is 0 Å². The highest BCUT2D eigenvalue weighted by atomic mass is 35.5. The smallest absolute Gasteiger partial charge is 0.433 e. The number of carbonyl (C=O) groups excluding carboxylic acids is 1. The van der Waals surface area contributed by atoms with E-state index in [0.717, 1.165) is 10.9 Å². The van der Waals surface area contributed by atoms with Gasteiger partial charge in [0.25, 0.3) is 5.91 Å². The van der Waals surface area contributed by atoms with Crippen molar-refractivity contribution in [2.24, 2.45) is 22.7 Å². The molecule has 3 aliphatic carbocycles. The second-order valence-electron chi connectivity index (χ2n) is 12.9. The highest BCUT2D eigenvalue weighted by Gasteiger charge is 2.63. The molecule has 0 spiro atoms. The number of aliphatic hydroxyl groups excluding tert-OH is 1. The molecule has 230 valence electrons. The standard InChI is InChI=1S/C30H37ClF3N3O5/c1-28(2)19-12-17(13-20(19)28)36(15-22(38)24-21(31)6-5-7-23(24)42-4)26(39)18-14-35-37(25(18)30(32,33)34)16-8-10-29(3,11-9-16)27(40)41/h5-7,14,16-17,19-20,22,38H,8-13,15H2,1-4H3,(H,40,41)/t16-,17-,19+,20-,22-,29-/m1/s1. The van der Waals surface area contributed by atoms with E-state index in [1.165, 1.54) is 12.0 Å². The molecule has 1 aromatic heterocycles. The predicted octanol–water partition coefficient (Wildman–Crippen LogP) is 6.38. The molecule has 2 N–H and O–H groups in total. The number of hydrogen-bond donors (Lipinski definition) is 2. The number of carboxylic acid groups (broad SMARTS) is 1. The number of rotatable bonds is 8. The van der Waals surface area contributed by atoms with Crippen LogP contribution < -0.4 is 4.74 Å². The van der Waals surface area contributed by atoms with Crippen molar-refractivity contribution in [2.75, 3.05) is 13.7 Å². The van der Waals surface area contributed by atoms with Crippen LogP contribution in [-0.2, 0) is 11.0 Å². The molecule has 0 saturated heterocycles. The van der Waals surface area contributed by atoms with Gasteiger partial charge in [0.05, 0.1) is 41.9 Å². The Kier molecular flexibility index (Phi) is 7.83. The van der Waals surface area contributed by atoms with Gasteiger partial charge in [0.15, 0.2) is 5.69 Å². The monoisotopic (exact) mass is 611 g/mol. The van der Waals surface area contributed by atoms with Crippen molar-refractivity contribution in [3.05, 3.63) is 46.2 Å². The number of fused-ring (bicyclic) bond motifs is 1. The number of alkyl halides is 3. The molecule has 3 fully saturated rings. The molecule has 1 heterocycles. The number of aliphatic carboxylic acids is 1. The lowest BCUT2D eigenvalue weighted by atomic mass is 9.74. The number of carboxylic acids is 1. The first-order chi connectivity index (χ1) is 19.6. The number of carbonyl (C=O) groups is 2. The Labute approximate surface area is 247 Å². The van der Waals surface area contributed by atoms with Crippen LogP contribution in [0.4, 0.5) is 13.2 Å². The van der Waals surface area contributed by atoms with E-state index in [0.29, 0.717) is 30.4 Å². The number of nitrogens with zero attached hydrogens (tertiary/aromatic N) is 3. The van der Waals surface area contributed by atoms with E-state index in [4.69, 9.17) is 16.3 Å². The van der Waals surface area contributed by atoms with Crippen LogP contribution in [0.3, 0.4) is 0 Å². The average molecular weight is 612 g/mol. The van der Waals surface area contributed by atoms with Crippen LogP contribution in [0.15, 0.2) is 24.4 Å². The maximum atomic E-state index is 14.6. The van der Waals surface area contributed by atoms with Gasteiger partial charge in [-0.15, -0.1) is 0 Å². The van der Waals surface area contributed by atoms with Crippen molar-refractivity contribution in [1.82, 2.24) is 14.7 Å². The fraction of sp³-hybridized carbons (Fsp3) is 0.633. The first-order valence-electron chi connectivity index (χ1n) is 14.3. The largest absolute Gasteiger partial charge is 0.496 e. The molecule has 5 rings (SSSR count). The molecule has 3 saturated carbocycles. The third kappa shape index (κ3) is 5.27. The van der Waals surface area contributed by atoms with Gasteiger partial charge < -0.3 is 19.8 Å². The minimum atomic E-state index is -4.88. The Hall–Kier alpha value is -2.79. The van der Waals surface area contributed by atoms with E-state index in [2.05, 4.69) is 18.9 Å². The van der Waals surface area contributed by atoms with Crippen molar-refractivity contribution in [2.45, 2.75) is 83.7 Å². The van der Waals surface area contributed by atoms with Crippen molar-refractivity contribution >= 4 is 23.5 Å². The second kappa shape index (κ2) is 10.7. The van der Waals surface area contributed by atoms with E-state index in [1.54, 1.807) is 25.1 Å². The summed E-state index contributed by atoms with van der Waals surface area (Å²) in [6, 6.07) is 3.80. The first kappa shape index (κ1) is 30.7. The number of halogens is 4. The molecule has 0 aliphatic heterocycles. The molecule has 1 aromatic carbocycles. The third-order valence-electron chi connectivity index (χ3n) is 10.2. The number of aliphatic hydroxyl groups is 1. The van der Waals surface area contributed by atoms with Gasteiger partial charge in [-0.1, -0.05) is 31.5 Å². The molecule has 8 nitrogen and oxygen atoms in total. The fourth-order valence-electron chi connectivity index (χ4n) is 7.36. The zero-order chi connectivity index (χ0) is 30.8. The summed E-state index contributed by atoms with van der Waals surface area (Å²) in [5.41, 5.74) is -2.35. The van der Waals surface area contributed by atoms with Crippen LogP contribution in [0.1, 0.15) is 93.1 Å². The zero-order valence-corrected chi connectivity index (χ0v) is 24.9. The van der Waals surface area contributed by atoms with Gasteiger partial charge in [-0.2, -0.15) is 18.3 Å². The van der Waals surface area contributed by atoms with E-state index < -0.39 is 46.9 Å². The Morgan fingerprint density at radius 3 is 2.36 bits per heavy atom. The molecule has 4 atom stereocenters. The first-order valence-corrected chi connectivity index (χ1v) is 14.7. The molecule has 0 unspecified atom stereocenters. The number of aromatic nitrogens is 2. The van der Waals surface area contributed by atoms with Gasteiger partial charge in [0.1, 0.15) is 11.9 Å². The van der Waals surface area contributed by atoms with Gasteiger partial charge in [-0.05, 0) is 74.8 Å². The highest BCUT2D eigenvalue weighted by molar-refractivity contribution is 6.31. The van der Waals surface area contributed by atoms with E-state index >= 15 is 0 Å². The van der Waals surface area contributed by atoms with Crippen LogP contribution in [-0.4, -0.2) is 56.5 Å². The summed E-state index contributed by atoms with van der Waals surface area (Å²) in [5, 5.41) is 25.1. The molecule has 12 heteroatoms. The number of hydrogen-bond acceptors (Lipinski definition) is 5. The maximum Gasteiger partial charge on any atom is 0.433 e. The van der Waals surface area contributed by atoms with Crippen LogP contribution in [0.5, 0.6) is 5.75 Å². The SMILES string of the molecule is COc1cccc(Cl)c1[C@H](O)CN(C(=O)c1cnn([C@H]2CC[C@](C)(C(=O)O)CC2)c1C(F)(F)F)[C@H]1C[C@@H]2[C@H](C1)C2(C)C. The lowest BCUT2D eigenvalue weighted by molar-refractivity contribution is -0.152. The summed E-state index contributed by atoms with van der Waals surface area (Å²) in [7, 11) is 1.42. The molecular formula is C30H37ClF3N3O5. The van der Waals surface area contributed by atoms with Gasteiger partial charge in [0, 0.05) is 11.6 Å². The summed E-state index contributed by atoms with van der Waals surface area (Å²) < 4.78 is 50.1. The maximum absolute atomic E-state index is 14.6. The minimum absolute atomic E-state index is 0.114. The van der Waals surface area contributed by atoms with Crippen LogP contribution >= 0.6 is 11.6 Å². The molecule has 42 heavy (non-hydrogen) atoms. The molecular weight excluding hydrogens is 575 g/mol. The lowest BCUT2D eigenvalue weighted by Gasteiger charge is -2.35. The van der Waals surface area contributed by atoms with Crippen LogP contribution in [0.25, 0.3) is 0 Å². The normalized spacial score (nSPS) is 29.1. The Morgan fingerprint density at radius 1 is 1.19 bits per heavy atom. The summed E-state index contributed by atoms with van der Waals surface area (Å²) in [6.07, 6.45) is -3.19. The van der Waals surface area contributed by atoms with Crippen molar-refractivity contribution in [1.29, 1.82) is 0 Å². The average Bonchev–Trinajstić information content (AvgIpc) is 3.35. The summed E-state index contributed by atoms with van der Waals surface area (Å²) >= 11 is 6.38. The predicted molar refractivity (Wildman–Crippen MR) is 148 cm³/mol. The van der Waals surface area contributed by atoms with Gasteiger partial charge in [0.2, 0.25) is 0 Å². The van der Waals surface area contributed by atoms with Gasteiger partial charge in [-0.25, -0.2) is 0 Å². The lowest BCUT2D eigenvalue weighted by Crippen LogP contribution is -2.43. The Bertz CT molecular complexity index is 1350. The number of benzene rings is 1. The molecule has 1 amide bonds. The topological polar surface area (TPSA) is 105 Å². The summed E-state index contributed by atoms with van der Waals surface area (Å²) in [4.78, 5) is 27.1. The third-order valence-corrected chi connectivity index (χ3v) is 10.5. The second-order valence-corrected chi connectivity index (χ2v) is 13.3. The molecule has 0 bridgehead atoms. The van der Waals surface area contributed by atoms with Gasteiger partial charge in [-0.3, -0.25) is 14.3 Å². The number of methoxy groups -OCH3 is 1. The van der Waals surface area contributed by atoms with Gasteiger partial charge >= 0.3 is 12.1 Å². The Balaban J connectivity index is 1.48. The van der Waals surface area contributed by atoms with Crippen molar-refractivity contribution in [3.8, 4) is 5.75 Å². The highest BCUT2D eigenvalue weighted by Crippen LogP contribution is 2.67. The zero-order valence-electron chi connectivity index (χ0n) is 24.1. The fourth-order valence-corrected chi connectivity index (χ4v) is 7.65. The summed E-state index contributed by atoms with van der Waals surface area (Å²) in [6.45, 7) is 5.63. The van der Waals surface area contributed by atoms with Crippen LogP contribution in [0, 0.1) is 22.7 Å². The van der Waals surface area contributed by atoms with E-state index in [-0.39, 0.29) is 54.3 Å². The number of ether oxygens (including phenoxy) is 1. The van der Waals surface area contributed by atoms with Crippen molar-refractivity contribution < 1.29 is 37.7 Å². The van der Waals surface area contributed by atoms with E-state index in [1.807, 2.05) is 0 Å². The number of amides is 1.